The second-order valence-corrected chi connectivity index (χ2v) is 10.2. The number of H-pyrrole nitrogens is 1. The van der Waals surface area contributed by atoms with Crippen molar-refractivity contribution in [3.8, 4) is 0 Å². The summed E-state index contributed by atoms with van der Waals surface area (Å²) in [6.07, 6.45) is 2.88. The normalized spacial score (nSPS) is 13.9. The Morgan fingerprint density at radius 3 is 2.12 bits per heavy atom. The average molecular weight is 579 g/mol. The lowest BCUT2D eigenvalue weighted by Gasteiger charge is -2.25. The maximum absolute atomic E-state index is 13.3. The third-order valence-corrected chi connectivity index (χ3v) is 6.89. The Hall–Kier alpha value is -4.71. The summed E-state index contributed by atoms with van der Waals surface area (Å²) in [5.74, 6) is -4.35. The van der Waals surface area contributed by atoms with Crippen LogP contribution in [0, 0.1) is 0 Å². The van der Waals surface area contributed by atoms with Gasteiger partial charge in [0.25, 0.3) is 0 Å². The number of carbonyl (C=O) groups is 5. The fourth-order valence-electron chi connectivity index (χ4n) is 4.59. The number of fused-ring (bicyclic) bond motifs is 1. The number of benzene rings is 2. The molecule has 1 heterocycles. The van der Waals surface area contributed by atoms with Crippen molar-refractivity contribution in [1.82, 2.24) is 20.9 Å². The molecule has 224 valence electrons. The number of para-hydroxylation sites is 1. The highest BCUT2D eigenvalue weighted by Gasteiger charge is 2.31. The number of nitrogens with two attached hydrogens (primary N) is 2. The first kappa shape index (κ1) is 31.8. The van der Waals surface area contributed by atoms with Gasteiger partial charge in [-0.15, -0.1) is 0 Å². The Balaban J connectivity index is 1.69. The summed E-state index contributed by atoms with van der Waals surface area (Å²) in [5.41, 5.74) is 14.2. The van der Waals surface area contributed by atoms with Crippen LogP contribution in [-0.2, 0) is 36.8 Å². The smallest absolute Gasteiger partial charge is 0.305 e. The molecule has 3 rings (SSSR count). The second kappa shape index (κ2) is 15.3. The Morgan fingerprint density at radius 2 is 1.45 bits per heavy atom. The number of carboxylic acids is 1. The second-order valence-electron chi connectivity index (χ2n) is 10.2. The van der Waals surface area contributed by atoms with Gasteiger partial charge in [-0.25, -0.2) is 0 Å². The van der Waals surface area contributed by atoms with Crippen molar-refractivity contribution < 1.29 is 29.1 Å². The summed E-state index contributed by atoms with van der Waals surface area (Å²) in [5, 5.41) is 17.9. The van der Waals surface area contributed by atoms with E-state index in [0.717, 1.165) is 28.5 Å². The molecule has 4 unspecified atom stereocenters. The highest BCUT2D eigenvalue weighted by atomic mass is 16.4. The van der Waals surface area contributed by atoms with E-state index in [9.17, 15) is 29.1 Å². The first-order chi connectivity index (χ1) is 20.1. The van der Waals surface area contributed by atoms with E-state index < -0.39 is 60.2 Å². The Morgan fingerprint density at radius 1 is 0.833 bits per heavy atom. The molecule has 0 spiro atoms. The zero-order chi connectivity index (χ0) is 30.6. The number of amides is 4. The van der Waals surface area contributed by atoms with Crippen LogP contribution < -0.4 is 27.4 Å². The van der Waals surface area contributed by atoms with E-state index >= 15 is 0 Å². The summed E-state index contributed by atoms with van der Waals surface area (Å²) in [6.45, 7) is 1.91. The Labute approximate surface area is 243 Å². The van der Waals surface area contributed by atoms with Crippen LogP contribution in [0.15, 0.2) is 60.8 Å². The minimum atomic E-state index is -1.52. The van der Waals surface area contributed by atoms with E-state index in [2.05, 4.69) is 20.9 Å². The number of hydrogen-bond donors (Lipinski definition) is 7. The van der Waals surface area contributed by atoms with Crippen molar-refractivity contribution in [1.29, 1.82) is 0 Å². The van der Waals surface area contributed by atoms with Gasteiger partial charge in [0.1, 0.15) is 18.1 Å². The molecule has 4 amide bonds. The number of nitrogens with one attached hydrogen (secondary N) is 4. The van der Waals surface area contributed by atoms with Crippen LogP contribution in [-0.4, -0.2) is 63.9 Å². The quantitative estimate of drug-likeness (QED) is 0.130. The van der Waals surface area contributed by atoms with Crippen molar-refractivity contribution in [2.45, 2.75) is 69.6 Å². The lowest BCUT2D eigenvalue weighted by atomic mass is 10.0. The van der Waals surface area contributed by atoms with Gasteiger partial charge in [0, 0.05) is 23.5 Å². The highest BCUT2D eigenvalue weighted by Crippen LogP contribution is 2.19. The lowest BCUT2D eigenvalue weighted by Crippen LogP contribution is -2.58. The van der Waals surface area contributed by atoms with Crippen molar-refractivity contribution in [3.63, 3.8) is 0 Å². The molecule has 1 aromatic heterocycles. The molecule has 2 aromatic carbocycles. The van der Waals surface area contributed by atoms with E-state index in [1.54, 1.807) is 36.5 Å². The first-order valence-corrected chi connectivity index (χ1v) is 13.9. The van der Waals surface area contributed by atoms with E-state index in [0.29, 0.717) is 6.42 Å². The van der Waals surface area contributed by atoms with Crippen LogP contribution in [0.1, 0.15) is 43.7 Å². The fraction of sp³-hybridized carbons (Fsp3) is 0.367. The Kier molecular flexibility index (Phi) is 11.6. The average Bonchev–Trinajstić information content (AvgIpc) is 3.37. The predicted octanol–water partition coefficient (Wildman–Crippen LogP) is 0.885. The molecule has 9 N–H and O–H groups in total. The number of unbranched alkanes of at least 4 members (excludes halogenated alkanes) is 1. The molecule has 0 aliphatic carbocycles. The molecular weight excluding hydrogens is 540 g/mol. The fourth-order valence-corrected chi connectivity index (χ4v) is 4.59. The van der Waals surface area contributed by atoms with Gasteiger partial charge in [-0.05, 0) is 30.0 Å². The number of aliphatic carboxylic acids is 1. The number of aromatic amines is 1. The molecule has 0 radical (unpaired) electrons. The number of aromatic nitrogens is 1. The van der Waals surface area contributed by atoms with Gasteiger partial charge >= 0.3 is 5.97 Å². The summed E-state index contributed by atoms with van der Waals surface area (Å²) in [6, 6.07) is 11.7. The number of primary amides is 1. The van der Waals surface area contributed by atoms with Crippen LogP contribution in [0.5, 0.6) is 0 Å². The Bertz CT molecular complexity index is 1390. The summed E-state index contributed by atoms with van der Waals surface area (Å²) >= 11 is 0. The largest absolute Gasteiger partial charge is 0.481 e. The molecule has 0 bridgehead atoms. The van der Waals surface area contributed by atoms with Gasteiger partial charge in [0.05, 0.1) is 12.5 Å². The summed E-state index contributed by atoms with van der Waals surface area (Å²) in [7, 11) is 0. The molecule has 0 aliphatic rings. The third-order valence-electron chi connectivity index (χ3n) is 6.89. The van der Waals surface area contributed by atoms with Crippen LogP contribution in [0.25, 0.3) is 10.9 Å². The molecule has 12 heteroatoms. The molecule has 42 heavy (non-hydrogen) atoms. The van der Waals surface area contributed by atoms with Crippen molar-refractivity contribution in [3.05, 3.63) is 71.9 Å². The van der Waals surface area contributed by atoms with E-state index in [4.69, 9.17) is 11.5 Å². The molecular formula is C30H38N6O6. The van der Waals surface area contributed by atoms with Gasteiger partial charge in [0.2, 0.25) is 23.6 Å². The van der Waals surface area contributed by atoms with Crippen LogP contribution in [0.2, 0.25) is 0 Å². The van der Waals surface area contributed by atoms with Gasteiger partial charge in [-0.3, -0.25) is 24.0 Å². The van der Waals surface area contributed by atoms with Crippen molar-refractivity contribution >= 4 is 40.5 Å². The lowest BCUT2D eigenvalue weighted by molar-refractivity contribution is -0.141. The van der Waals surface area contributed by atoms with Gasteiger partial charge in [0.15, 0.2) is 0 Å². The molecule has 0 saturated carbocycles. The monoisotopic (exact) mass is 578 g/mol. The van der Waals surface area contributed by atoms with Crippen LogP contribution in [0.3, 0.4) is 0 Å². The van der Waals surface area contributed by atoms with E-state index in [-0.39, 0.29) is 19.3 Å². The van der Waals surface area contributed by atoms with Crippen LogP contribution in [0.4, 0.5) is 0 Å². The summed E-state index contributed by atoms with van der Waals surface area (Å²) in [4.78, 5) is 66.1. The first-order valence-electron chi connectivity index (χ1n) is 13.9. The molecule has 4 atom stereocenters. The number of rotatable bonds is 16. The van der Waals surface area contributed by atoms with Crippen molar-refractivity contribution in [2.75, 3.05) is 0 Å². The zero-order valence-electron chi connectivity index (χ0n) is 23.5. The standard InChI is InChI=1S/C30H38N6O6/c1-2-3-12-23(34-28(40)21(31)15-19-17-33-22-13-8-7-11-20(19)22)29(41)36-25(16-26(37)38)30(42)35-24(27(32)39)14-18-9-5-4-6-10-18/h4-11,13,17,21,23-25,33H,2-3,12,14-16,31H2,1H3,(H2,32,39)(H,34,40)(H,35,42)(H,36,41)(H,37,38). The maximum Gasteiger partial charge on any atom is 0.305 e. The summed E-state index contributed by atoms with van der Waals surface area (Å²) < 4.78 is 0. The SMILES string of the molecule is CCCCC(NC(=O)C(N)Cc1c[nH]c2ccccc12)C(=O)NC(CC(=O)O)C(=O)NC(Cc1ccccc1)C(N)=O. The predicted molar refractivity (Wildman–Crippen MR) is 157 cm³/mol. The van der Waals surface area contributed by atoms with E-state index in [1.165, 1.54) is 0 Å². The molecule has 0 aliphatic heterocycles. The van der Waals surface area contributed by atoms with Gasteiger partial charge in [-0.1, -0.05) is 68.3 Å². The van der Waals surface area contributed by atoms with Crippen LogP contribution >= 0.6 is 0 Å². The topological polar surface area (TPSA) is 209 Å². The highest BCUT2D eigenvalue weighted by molar-refractivity contribution is 5.96. The number of carboxylic acid groups (broad SMARTS) is 1. The minimum Gasteiger partial charge on any atom is -0.481 e. The van der Waals surface area contributed by atoms with E-state index in [1.807, 2.05) is 31.2 Å². The van der Waals surface area contributed by atoms with Crippen molar-refractivity contribution in [2.24, 2.45) is 11.5 Å². The number of carbonyl (C=O) groups excluding carboxylic acids is 4. The molecule has 0 fully saturated rings. The molecule has 0 saturated heterocycles. The number of hydrogen-bond acceptors (Lipinski definition) is 6. The maximum atomic E-state index is 13.3. The van der Waals surface area contributed by atoms with Gasteiger partial charge < -0.3 is 37.5 Å². The van der Waals surface area contributed by atoms with Gasteiger partial charge in [-0.2, -0.15) is 0 Å². The molecule has 3 aromatic rings. The minimum absolute atomic E-state index is 0.0825. The zero-order valence-corrected chi connectivity index (χ0v) is 23.5. The third kappa shape index (κ3) is 9.16. The molecule has 12 nitrogen and oxygen atoms in total.